The first-order valence-corrected chi connectivity index (χ1v) is 7.02. The molecule has 0 bridgehead atoms. The third-order valence-corrected chi connectivity index (χ3v) is 3.42. The molecule has 3 heteroatoms. The Morgan fingerprint density at radius 1 is 1.10 bits per heavy atom. The van der Waals surface area contributed by atoms with E-state index in [-0.39, 0.29) is 6.10 Å². The lowest BCUT2D eigenvalue weighted by molar-refractivity contribution is 0.133. The lowest BCUT2D eigenvalue weighted by Gasteiger charge is -2.17. The van der Waals surface area contributed by atoms with Gasteiger partial charge >= 0.3 is 0 Å². The smallest absolute Gasteiger partial charge is 0.185 e. The SMILES string of the molecule is Cc1ccc([C@@H](C)O/C(N)=C\c2ccc(N)cc2)c(C)c1. The second-order valence-corrected chi connectivity index (χ2v) is 5.33. The maximum atomic E-state index is 5.97. The van der Waals surface area contributed by atoms with E-state index in [0.29, 0.717) is 5.88 Å². The third kappa shape index (κ3) is 4.02. The van der Waals surface area contributed by atoms with Gasteiger partial charge in [0.15, 0.2) is 5.88 Å². The van der Waals surface area contributed by atoms with Gasteiger partial charge in [-0.2, -0.15) is 0 Å². The van der Waals surface area contributed by atoms with Crippen molar-refractivity contribution in [3.05, 3.63) is 70.6 Å². The molecule has 1 atom stereocenters. The lowest BCUT2D eigenvalue weighted by atomic mass is 10.0. The molecule has 110 valence electrons. The van der Waals surface area contributed by atoms with Crippen LogP contribution in [0.3, 0.4) is 0 Å². The Hall–Kier alpha value is -2.42. The summed E-state index contributed by atoms with van der Waals surface area (Å²) in [4.78, 5) is 0. The van der Waals surface area contributed by atoms with E-state index < -0.39 is 0 Å². The number of nitrogen functional groups attached to an aromatic ring is 1. The van der Waals surface area contributed by atoms with Gasteiger partial charge in [0.05, 0.1) is 0 Å². The standard InChI is InChI=1S/C18H22N2O/c1-12-4-9-17(13(2)10-12)14(3)21-18(20)11-15-5-7-16(19)8-6-15/h4-11,14H,19-20H2,1-3H3/b18-11-/t14-/m1/s1. The fourth-order valence-corrected chi connectivity index (χ4v) is 2.34. The van der Waals surface area contributed by atoms with Crippen LogP contribution in [0.2, 0.25) is 0 Å². The first-order valence-electron chi connectivity index (χ1n) is 7.02. The molecule has 0 saturated carbocycles. The van der Waals surface area contributed by atoms with Gasteiger partial charge in [0.1, 0.15) is 6.10 Å². The number of hydrogen-bond acceptors (Lipinski definition) is 3. The van der Waals surface area contributed by atoms with E-state index in [9.17, 15) is 0 Å². The number of hydrogen-bond donors (Lipinski definition) is 2. The topological polar surface area (TPSA) is 61.3 Å². The zero-order chi connectivity index (χ0) is 15.4. The molecule has 0 aliphatic heterocycles. The second-order valence-electron chi connectivity index (χ2n) is 5.33. The Kier molecular flexibility index (Phi) is 4.53. The Labute approximate surface area is 126 Å². The molecular weight excluding hydrogens is 260 g/mol. The van der Waals surface area contributed by atoms with Gasteiger partial charge < -0.3 is 16.2 Å². The van der Waals surface area contributed by atoms with Crippen LogP contribution in [0, 0.1) is 13.8 Å². The molecule has 0 radical (unpaired) electrons. The molecule has 0 spiro atoms. The Morgan fingerprint density at radius 3 is 2.38 bits per heavy atom. The summed E-state index contributed by atoms with van der Waals surface area (Å²) in [6.07, 6.45) is 1.72. The van der Waals surface area contributed by atoms with Crippen LogP contribution in [-0.2, 0) is 4.74 Å². The van der Waals surface area contributed by atoms with Gasteiger partial charge in [0, 0.05) is 11.8 Å². The van der Waals surface area contributed by atoms with Crippen molar-refractivity contribution in [2.75, 3.05) is 5.73 Å². The maximum Gasteiger partial charge on any atom is 0.185 e. The highest BCUT2D eigenvalue weighted by molar-refractivity contribution is 5.54. The summed E-state index contributed by atoms with van der Waals surface area (Å²) in [5, 5.41) is 0. The van der Waals surface area contributed by atoms with Crippen molar-refractivity contribution in [3.8, 4) is 0 Å². The number of anilines is 1. The predicted molar refractivity (Wildman–Crippen MR) is 88.4 cm³/mol. The summed E-state index contributed by atoms with van der Waals surface area (Å²) in [5.41, 5.74) is 16.9. The zero-order valence-electron chi connectivity index (χ0n) is 12.8. The quantitative estimate of drug-likeness (QED) is 0.660. The van der Waals surface area contributed by atoms with Crippen LogP contribution in [0.4, 0.5) is 5.69 Å². The summed E-state index contributed by atoms with van der Waals surface area (Å²) >= 11 is 0. The predicted octanol–water partition coefficient (Wildman–Crippen LogP) is 3.92. The molecule has 0 aliphatic carbocycles. The van der Waals surface area contributed by atoms with E-state index in [1.807, 2.05) is 31.2 Å². The van der Waals surface area contributed by atoms with E-state index in [0.717, 1.165) is 16.8 Å². The van der Waals surface area contributed by atoms with Crippen molar-refractivity contribution >= 4 is 11.8 Å². The van der Waals surface area contributed by atoms with E-state index in [1.54, 1.807) is 6.08 Å². The van der Waals surface area contributed by atoms with E-state index >= 15 is 0 Å². The summed E-state index contributed by atoms with van der Waals surface area (Å²) in [5.74, 6) is 0.396. The van der Waals surface area contributed by atoms with Gasteiger partial charge in [-0.05, 0) is 49.6 Å². The van der Waals surface area contributed by atoms with Crippen LogP contribution < -0.4 is 11.5 Å². The molecule has 2 rings (SSSR count). The number of benzene rings is 2. The molecule has 0 saturated heterocycles. The van der Waals surface area contributed by atoms with Crippen molar-refractivity contribution in [2.45, 2.75) is 26.9 Å². The van der Waals surface area contributed by atoms with Crippen molar-refractivity contribution < 1.29 is 4.74 Å². The Balaban J connectivity index is 2.11. The Bertz CT molecular complexity index is 645. The van der Waals surface area contributed by atoms with Crippen molar-refractivity contribution in [1.29, 1.82) is 0 Å². The van der Waals surface area contributed by atoms with E-state index in [1.165, 1.54) is 11.1 Å². The number of nitrogens with two attached hydrogens (primary N) is 2. The van der Waals surface area contributed by atoms with Crippen molar-refractivity contribution in [1.82, 2.24) is 0 Å². The summed E-state index contributed by atoms with van der Waals surface area (Å²) < 4.78 is 5.80. The molecule has 0 amide bonds. The van der Waals surface area contributed by atoms with Gasteiger partial charge in [0.25, 0.3) is 0 Å². The zero-order valence-corrected chi connectivity index (χ0v) is 12.8. The lowest BCUT2D eigenvalue weighted by Crippen LogP contribution is -2.08. The normalized spacial score (nSPS) is 13.0. The molecular formula is C18H22N2O. The fourth-order valence-electron chi connectivity index (χ4n) is 2.34. The molecule has 0 aliphatic rings. The minimum Gasteiger partial charge on any atom is -0.472 e. The van der Waals surface area contributed by atoms with Crippen LogP contribution in [0.1, 0.15) is 35.3 Å². The number of aryl methyl sites for hydroxylation is 2. The number of ether oxygens (including phenoxy) is 1. The number of rotatable bonds is 4. The average molecular weight is 282 g/mol. The van der Waals surface area contributed by atoms with Crippen LogP contribution in [0.5, 0.6) is 0 Å². The summed E-state index contributed by atoms with van der Waals surface area (Å²) in [7, 11) is 0. The van der Waals surface area contributed by atoms with Crippen LogP contribution >= 0.6 is 0 Å². The van der Waals surface area contributed by atoms with Crippen LogP contribution in [0.25, 0.3) is 6.08 Å². The second kappa shape index (κ2) is 6.35. The minimum absolute atomic E-state index is 0.0874. The largest absolute Gasteiger partial charge is 0.472 e. The van der Waals surface area contributed by atoms with Gasteiger partial charge in [-0.15, -0.1) is 0 Å². The first-order chi connectivity index (χ1) is 9.95. The highest BCUT2D eigenvalue weighted by atomic mass is 16.5. The molecule has 0 unspecified atom stereocenters. The van der Waals surface area contributed by atoms with Crippen molar-refractivity contribution in [3.63, 3.8) is 0 Å². The van der Waals surface area contributed by atoms with E-state index in [4.69, 9.17) is 16.2 Å². The van der Waals surface area contributed by atoms with Gasteiger partial charge in [-0.25, -0.2) is 0 Å². The molecule has 2 aromatic rings. The van der Waals surface area contributed by atoms with Gasteiger partial charge in [-0.1, -0.05) is 35.9 Å². The summed E-state index contributed by atoms with van der Waals surface area (Å²) in [6, 6.07) is 13.8. The average Bonchev–Trinajstić information content (AvgIpc) is 2.41. The molecule has 4 N–H and O–H groups in total. The summed E-state index contributed by atoms with van der Waals surface area (Å²) in [6.45, 7) is 6.17. The van der Waals surface area contributed by atoms with Crippen LogP contribution in [-0.4, -0.2) is 0 Å². The van der Waals surface area contributed by atoms with Gasteiger partial charge in [0.2, 0.25) is 0 Å². The Morgan fingerprint density at radius 2 is 1.76 bits per heavy atom. The monoisotopic (exact) mass is 282 g/mol. The molecule has 3 nitrogen and oxygen atoms in total. The molecule has 21 heavy (non-hydrogen) atoms. The highest BCUT2D eigenvalue weighted by Gasteiger charge is 2.10. The fraction of sp³-hybridized carbons (Fsp3) is 0.222. The van der Waals surface area contributed by atoms with E-state index in [2.05, 4.69) is 32.0 Å². The highest BCUT2D eigenvalue weighted by Crippen LogP contribution is 2.23. The maximum absolute atomic E-state index is 5.97. The van der Waals surface area contributed by atoms with Crippen molar-refractivity contribution in [2.24, 2.45) is 5.73 Å². The van der Waals surface area contributed by atoms with Crippen LogP contribution in [0.15, 0.2) is 48.3 Å². The molecule has 0 heterocycles. The molecule has 0 fully saturated rings. The molecule has 0 aromatic heterocycles. The third-order valence-electron chi connectivity index (χ3n) is 3.42. The minimum atomic E-state index is -0.0874. The van der Waals surface area contributed by atoms with Gasteiger partial charge in [-0.3, -0.25) is 0 Å². The molecule has 2 aromatic carbocycles. The first kappa shape index (κ1) is 15.0.